The van der Waals surface area contributed by atoms with Crippen LogP contribution in [0.25, 0.3) is 0 Å². The first kappa shape index (κ1) is 13.2. The summed E-state index contributed by atoms with van der Waals surface area (Å²) in [6.07, 6.45) is 1.00. The van der Waals surface area contributed by atoms with Gasteiger partial charge in [0.05, 0.1) is 5.54 Å². The predicted molar refractivity (Wildman–Crippen MR) is 64.2 cm³/mol. The Morgan fingerprint density at radius 3 is 2.47 bits per heavy atom. The van der Waals surface area contributed by atoms with E-state index in [0.29, 0.717) is 19.0 Å². The van der Waals surface area contributed by atoms with Gasteiger partial charge in [0, 0.05) is 12.6 Å². The predicted octanol–water partition coefficient (Wildman–Crippen LogP) is 1.14. The Morgan fingerprint density at radius 1 is 1.24 bits per heavy atom. The fourth-order valence-electron chi connectivity index (χ4n) is 3.00. The molecule has 2 fully saturated rings. The van der Waals surface area contributed by atoms with Crippen LogP contribution < -0.4 is 5.73 Å². The summed E-state index contributed by atoms with van der Waals surface area (Å²) in [6, 6.07) is 0.452. The van der Waals surface area contributed by atoms with Gasteiger partial charge >= 0.3 is 0 Å². The van der Waals surface area contributed by atoms with Gasteiger partial charge in [-0.2, -0.15) is 0 Å². The minimum Gasteiger partial charge on any atom is -0.319 e. The molecule has 2 aliphatic rings. The lowest BCUT2D eigenvalue weighted by Gasteiger charge is -2.45. The number of rotatable bonds is 2. The average molecular weight is 247 g/mol. The first-order valence-electron chi connectivity index (χ1n) is 6.51. The van der Waals surface area contributed by atoms with Crippen molar-refractivity contribution in [1.29, 1.82) is 0 Å². The van der Waals surface area contributed by atoms with E-state index >= 15 is 0 Å². The molecule has 1 unspecified atom stereocenters. The largest absolute Gasteiger partial charge is 0.319 e. The van der Waals surface area contributed by atoms with Gasteiger partial charge in [0.1, 0.15) is 0 Å². The molecule has 3 nitrogen and oxygen atoms in total. The fourth-order valence-corrected chi connectivity index (χ4v) is 3.00. The standard InChI is InChI=1S/C12H23F2N3/c1-16-7-3-10(4-8-16)17-6-2-5-12(15,9-17)11(13)14/h10-11H,2-9,15H2,1H3. The second-order valence-corrected chi connectivity index (χ2v) is 5.64. The van der Waals surface area contributed by atoms with Gasteiger partial charge in [-0.3, -0.25) is 4.90 Å². The Bertz CT molecular complexity index is 254. The number of piperidine rings is 2. The lowest BCUT2D eigenvalue weighted by Crippen LogP contribution is -2.61. The van der Waals surface area contributed by atoms with Crippen molar-refractivity contribution >= 4 is 0 Å². The molecule has 0 saturated carbocycles. The molecular weight excluding hydrogens is 224 g/mol. The van der Waals surface area contributed by atoms with Gasteiger partial charge in [-0.25, -0.2) is 8.78 Å². The van der Waals surface area contributed by atoms with Crippen LogP contribution in [0.5, 0.6) is 0 Å². The quantitative estimate of drug-likeness (QED) is 0.794. The molecule has 100 valence electrons. The third kappa shape index (κ3) is 2.95. The first-order chi connectivity index (χ1) is 8.01. The molecule has 17 heavy (non-hydrogen) atoms. The van der Waals surface area contributed by atoms with E-state index in [1.807, 2.05) is 0 Å². The molecule has 2 aliphatic heterocycles. The summed E-state index contributed by atoms with van der Waals surface area (Å²) in [5.74, 6) is 0. The number of nitrogens with two attached hydrogens (primary N) is 1. The molecule has 0 aliphatic carbocycles. The van der Waals surface area contributed by atoms with Crippen molar-refractivity contribution in [3.05, 3.63) is 0 Å². The third-order valence-corrected chi connectivity index (χ3v) is 4.22. The molecule has 2 N–H and O–H groups in total. The van der Waals surface area contributed by atoms with E-state index in [4.69, 9.17) is 5.73 Å². The molecule has 1 atom stereocenters. The van der Waals surface area contributed by atoms with Crippen molar-refractivity contribution in [1.82, 2.24) is 9.80 Å². The van der Waals surface area contributed by atoms with E-state index in [9.17, 15) is 8.78 Å². The average Bonchev–Trinajstić information content (AvgIpc) is 2.30. The van der Waals surface area contributed by atoms with Crippen molar-refractivity contribution in [3.63, 3.8) is 0 Å². The van der Waals surface area contributed by atoms with Crippen molar-refractivity contribution in [3.8, 4) is 0 Å². The number of alkyl halides is 2. The number of hydrogen-bond acceptors (Lipinski definition) is 3. The topological polar surface area (TPSA) is 32.5 Å². The maximum atomic E-state index is 12.9. The van der Waals surface area contributed by atoms with Crippen molar-refractivity contribution in [2.75, 3.05) is 33.2 Å². The number of nitrogens with zero attached hydrogens (tertiary/aromatic N) is 2. The van der Waals surface area contributed by atoms with Crippen LogP contribution in [0.15, 0.2) is 0 Å². The fraction of sp³-hybridized carbons (Fsp3) is 1.00. The Hall–Kier alpha value is -0.260. The molecule has 2 rings (SSSR count). The van der Waals surface area contributed by atoms with E-state index in [2.05, 4.69) is 16.8 Å². The van der Waals surface area contributed by atoms with E-state index in [1.54, 1.807) is 0 Å². The van der Waals surface area contributed by atoms with Crippen LogP contribution >= 0.6 is 0 Å². The van der Waals surface area contributed by atoms with Crippen LogP contribution in [0.4, 0.5) is 8.78 Å². The van der Waals surface area contributed by atoms with Crippen LogP contribution in [0.3, 0.4) is 0 Å². The molecule has 0 radical (unpaired) electrons. The summed E-state index contributed by atoms with van der Waals surface area (Å²) in [5.41, 5.74) is 4.55. The Balaban J connectivity index is 1.93. The van der Waals surface area contributed by atoms with Gasteiger partial charge in [-0.05, 0) is 52.4 Å². The molecule has 0 amide bonds. The maximum Gasteiger partial charge on any atom is 0.257 e. The molecular formula is C12H23F2N3. The second-order valence-electron chi connectivity index (χ2n) is 5.64. The third-order valence-electron chi connectivity index (χ3n) is 4.22. The molecule has 0 bridgehead atoms. The highest BCUT2D eigenvalue weighted by Gasteiger charge is 2.41. The summed E-state index contributed by atoms with van der Waals surface area (Å²) in [6.45, 7) is 3.42. The number of hydrogen-bond donors (Lipinski definition) is 1. The first-order valence-corrected chi connectivity index (χ1v) is 6.51. The molecule has 0 aromatic rings. The van der Waals surface area contributed by atoms with Gasteiger partial charge in [0.2, 0.25) is 0 Å². The van der Waals surface area contributed by atoms with Crippen molar-refractivity contribution in [2.45, 2.75) is 43.7 Å². The molecule has 0 spiro atoms. The van der Waals surface area contributed by atoms with Gasteiger partial charge in [-0.15, -0.1) is 0 Å². The van der Waals surface area contributed by atoms with Crippen molar-refractivity contribution in [2.24, 2.45) is 5.73 Å². The zero-order valence-electron chi connectivity index (χ0n) is 10.5. The summed E-state index contributed by atoms with van der Waals surface area (Å²) in [4.78, 5) is 4.49. The lowest BCUT2D eigenvalue weighted by molar-refractivity contribution is -0.0157. The summed E-state index contributed by atoms with van der Waals surface area (Å²) in [5, 5.41) is 0. The normalized spacial score (nSPS) is 34.4. The number of halogens is 2. The maximum absolute atomic E-state index is 12.9. The summed E-state index contributed by atoms with van der Waals surface area (Å²) in [7, 11) is 2.11. The minimum atomic E-state index is -2.41. The van der Waals surface area contributed by atoms with Crippen molar-refractivity contribution < 1.29 is 8.78 Å². The lowest BCUT2D eigenvalue weighted by atomic mass is 9.88. The van der Waals surface area contributed by atoms with Crippen LogP contribution in [0.2, 0.25) is 0 Å². The van der Waals surface area contributed by atoms with Crippen LogP contribution in [0.1, 0.15) is 25.7 Å². The zero-order valence-corrected chi connectivity index (χ0v) is 10.5. The van der Waals surface area contributed by atoms with Crippen LogP contribution in [-0.2, 0) is 0 Å². The van der Waals surface area contributed by atoms with E-state index in [-0.39, 0.29) is 0 Å². The van der Waals surface area contributed by atoms with Gasteiger partial charge in [-0.1, -0.05) is 0 Å². The minimum absolute atomic E-state index is 0.360. The summed E-state index contributed by atoms with van der Waals surface area (Å²) >= 11 is 0. The highest BCUT2D eigenvalue weighted by atomic mass is 19.3. The second kappa shape index (κ2) is 5.16. The summed E-state index contributed by atoms with van der Waals surface area (Å²) < 4.78 is 25.9. The molecule has 0 aromatic carbocycles. The zero-order chi connectivity index (χ0) is 12.5. The molecule has 0 aromatic heterocycles. The van der Waals surface area contributed by atoms with Gasteiger partial charge in [0.15, 0.2) is 0 Å². The van der Waals surface area contributed by atoms with Crippen LogP contribution in [0, 0.1) is 0 Å². The SMILES string of the molecule is CN1CCC(N2CCCC(N)(C(F)F)C2)CC1. The van der Waals surface area contributed by atoms with E-state index in [1.165, 1.54) is 0 Å². The van der Waals surface area contributed by atoms with E-state index in [0.717, 1.165) is 38.9 Å². The van der Waals surface area contributed by atoms with E-state index < -0.39 is 12.0 Å². The highest BCUT2D eigenvalue weighted by molar-refractivity contribution is 4.96. The monoisotopic (exact) mass is 247 g/mol. The van der Waals surface area contributed by atoms with Crippen LogP contribution in [-0.4, -0.2) is 61.0 Å². The molecule has 2 saturated heterocycles. The number of likely N-dealkylation sites (tertiary alicyclic amines) is 2. The van der Waals surface area contributed by atoms with Gasteiger partial charge in [0.25, 0.3) is 6.43 Å². The highest BCUT2D eigenvalue weighted by Crippen LogP contribution is 2.28. The smallest absolute Gasteiger partial charge is 0.257 e. The van der Waals surface area contributed by atoms with Gasteiger partial charge < -0.3 is 10.6 Å². The Kier molecular flexibility index (Phi) is 4.00. The molecule has 5 heteroatoms. The Labute approximate surface area is 102 Å². The molecule has 2 heterocycles. The Morgan fingerprint density at radius 2 is 1.88 bits per heavy atom.